The Kier molecular flexibility index (Phi) is 6.80. The van der Waals surface area contributed by atoms with Gasteiger partial charge < -0.3 is 15.2 Å². The lowest BCUT2D eigenvalue weighted by atomic mass is 9.99. The van der Waals surface area contributed by atoms with Crippen LogP contribution < -0.4 is 5.32 Å². The van der Waals surface area contributed by atoms with Crippen molar-refractivity contribution in [1.82, 2.24) is 5.32 Å². The number of nitrogens with one attached hydrogen (secondary N) is 1. The van der Waals surface area contributed by atoms with Crippen molar-refractivity contribution in [2.24, 2.45) is 0 Å². The predicted molar refractivity (Wildman–Crippen MR) is 64.8 cm³/mol. The van der Waals surface area contributed by atoms with E-state index in [4.69, 9.17) is 9.84 Å². The third-order valence-electron chi connectivity index (χ3n) is 2.59. The van der Waals surface area contributed by atoms with Gasteiger partial charge in [-0.15, -0.1) is 0 Å². The molecular formula is C12H23NO4. The minimum Gasteiger partial charge on any atom is -0.480 e. The van der Waals surface area contributed by atoms with Gasteiger partial charge in [0.2, 0.25) is 5.91 Å². The lowest BCUT2D eigenvalue weighted by Gasteiger charge is -2.24. The molecule has 2 N–H and O–H groups in total. The summed E-state index contributed by atoms with van der Waals surface area (Å²) in [6.45, 7) is 7.62. The molecule has 0 saturated heterocycles. The van der Waals surface area contributed by atoms with Crippen molar-refractivity contribution in [3.8, 4) is 0 Å². The van der Waals surface area contributed by atoms with Crippen LogP contribution in [0.1, 0.15) is 47.0 Å². The summed E-state index contributed by atoms with van der Waals surface area (Å²) in [5, 5.41) is 11.5. The van der Waals surface area contributed by atoms with Gasteiger partial charge >= 0.3 is 5.97 Å². The molecule has 0 bridgehead atoms. The highest BCUT2D eigenvalue weighted by Crippen LogP contribution is 2.09. The highest BCUT2D eigenvalue weighted by Gasteiger charge is 2.32. The van der Waals surface area contributed by atoms with Crippen molar-refractivity contribution in [3.63, 3.8) is 0 Å². The zero-order valence-electron chi connectivity index (χ0n) is 11.1. The normalized spacial score (nSPS) is 14.4. The summed E-state index contributed by atoms with van der Waals surface area (Å²) < 4.78 is 5.30. The Balaban J connectivity index is 3.96. The second-order valence-corrected chi connectivity index (χ2v) is 4.56. The van der Waals surface area contributed by atoms with E-state index >= 15 is 0 Å². The van der Waals surface area contributed by atoms with E-state index in [2.05, 4.69) is 5.32 Å². The molecular weight excluding hydrogens is 222 g/mol. The lowest BCUT2D eigenvalue weighted by Crippen LogP contribution is -2.51. The molecule has 0 radical (unpaired) electrons. The fraction of sp³-hybridized carbons (Fsp3) is 0.833. The molecule has 100 valence electrons. The molecule has 0 aliphatic carbocycles. The van der Waals surface area contributed by atoms with Gasteiger partial charge in [-0.05, 0) is 33.6 Å². The van der Waals surface area contributed by atoms with Gasteiger partial charge in [0.15, 0.2) is 0 Å². The Hall–Kier alpha value is -1.10. The molecule has 1 unspecified atom stereocenters. The maximum absolute atomic E-state index is 11.5. The van der Waals surface area contributed by atoms with E-state index in [0.717, 1.165) is 0 Å². The number of rotatable bonds is 8. The van der Waals surface area contributed by atoms with Crippen LogP contribution in [0.25, 0.3) is 0 Å². The molecule has 0 aliphatic rings. The van der Waals surface area contributed by atoms with Crippen LogP contribution >= 0.6 is 0 Å². The number of carboxylic acid groups (broad SMARTS) is 1. The SMILES string of the molecule is CCC(C)(NC(=O)CCCOC(C)C)C(=O)O. The summed E-state index contributed by atoms with van der Waals surface area (Å²) in [7, 11) is 0. The van der Waals surface area contributed by atoms with Crippen LogP contribution in [0, 0.1) is 0 Å². The Bertz CT molecular complexity index is 265. The Morgan fingerprint density at radius 3 is 2.41 bits per heavy atom. The second-order valence-electron chi connectivity index (χ2n) is 4.56. The first kappa shape index (κ1) is 15.9. The van der Waals surface area contributed by atoms with Crippen LogP contribution in [-0.2, 0) is 14.3 Å². The van der Waals surface area contributed by atoms with Crippen LogP contribution in [-0.4, -0.2) is 35.2 Å². The summed E-state index contributed by atoms with van der Waals surface area (Å²) >= 11 is 0. The molecule has 0 saturated carbocycles. The van der Waals surface area contributed by atoms with Crippen LogP contribution in [0.4, 0.5) is 0 Å². The third kappa shape index (κ3) is 6.26. The molecule has 5 nitrogen and oxygen atoms in total. The maximum Gasteiger partial charge on any atom is 0.329 e. The summed E-state index contributed by atoms with van der Waals surface area (Å²) in [4.78, 5) is 22.5. The Morgan fingerprint density at radius 1 is 1.41 bits per heavy atom. The first-order chi connectivity index (χ1) is 7.81. The first-order valence-corrected chi connectivity index (χ1v) is 5.98. The van der Waals surface area contributed by atoms with Crippen LogP contribution in [0.2, 0.25) is 0 Å². The number of carbonyl (C=O) groups is 2. The number of hydrogen-bond acceptors (Lipinski definition) is 3. The van der Waals surface area contributed by atoms with Crippen molar-refractivity contribution >= 4 is 11.9 Å². The number of aliphatic carboxylic acids is 1. The molecule has 0 aliphatic heterocycles. The largest absolute Gasteiger partial charge is 0.480 e. The standard InChI is InChI=1S/C12H23NO4/c1-5-12(4,11(15)16)13-10(14)7-6-8-17-9(2)3/h9H,5-8H2,1-4H3,(H,13,14)(H,15,16). The summed E-state index contributed by atoms with van der Waals surface area (Å²) in [5.41, 5.74) is -1.17. The minimum absolute atomic E-state index is 0.151. The van der Waals surface area contributed by atoms with Crippen molar-refractivity contribution in [1.29, 1.82) is 0 Å². The minimum atomic E-state index is -1.17. The summed E-state index contributed by atoms with van der Waals surface area (Å²) in [6, 6.07) is 0. The number of ether oxygens (including phenoxy) is 1. The summed E-state index contributed by atoms with van der Waals surface area (Å²) in [5.74, 6) is -1.25. The fourth-order valence-electron chi connectivity index (χ4n) is 1.22. The van der Waals surface area contributed by atoms with Crippen molar-refractivity contribution in [2.45, 2.75) is 58.6 Å². The van der Waals surface area contributed by atoms with Crippen molar-refractivity contribution < 1.29 is 19.4 Å². The number of carboxylic acids is 1. The van der Waals surface area contributed by atoms with E-state index in [9.17, 15) is 9.59 Å². The lowest BCUT2D eigenvalue weighted by molar-refractivity contribution is -0.147. The van der Waals surface area contributed by atoms with E-state index in [-0.39, 0.29) is 18.4 Å². The number of hydrogen-bond donors (Lipinski definition) is 2. The van der Waals surface area contributed by atoms with Crippen LogP contribution in [0.3, 0.4) is 0 Å². The molecule has 1 atom stereocenters. The van der Waals surface area contributed by atoms with Crippen molar-refractivity contribution in [3.05, 3.63) is 0 Å². The van der Waals surface area contributed by atoms with Gasteiger partial charge in [0, 0.05) is 13.0 Å². The molecule has 0 spiro atoms. The molecule has 0 aromatic rings. The smallest absolute Gasteiger partial charge is 0.329 e. The zero-order valence-corrected chi connectivity index (χ0v) is 11.1. The third-order valence-corrected chi connectivity index (χ3v) is 2.59. The van der Waals surface area contributed by atoms with E-state index in [1.807, 2.05) is 13.8 Å². The molecule has 17 heavy (non-hydrogen) atoms. The Morgan fingerprint density at radius 2 is 2.00 bits per heavy atom. The van der Waals surface area contributed by atoms with Crippen LogP contribution in [0.5, 0.6) is 0 Å². The topological polar surface area (TPSA) is 75.6 Å². The highest BCUT2D eigenvalue weighted by molar-refractivity contribution is 5.86. The van der Waals surface area contributed by atoms with Gasteiger partial charge in [-0.1, -0.05) is 6.92 Å². The van der Waals surface area contributed by atoms with E-state index in [1.54, 1.807) is 6.92 Å². The number of amides is 1. The fourth-order valence-corrected chi connectivity index (χ4v) is 1.22. The molecule has 0 heterocycles. The summed E-state index contributed by atoms with van der Waals surface area (Å²) in [6.07, 6.45) is 1.40. The maximum atomic E-state index is 11.5. The second kappa shape index (κ2) is 7.27. The highest BCUT2D eigenvalue weighted by atomic mass is 16.5. The molecule has 5 heteroatoms. The van der Waals surface area contributed by atoms with E-state index in [0.29, 0.717) is 19.4 Å². The first-order valence-electron chi connectivity index (χ1n) is 5.98. The van der Waals surface area contributed by atoms with Gasteiger partial charge in [-0.3, -0.25) is 4.79 Å². The molecule has 0 aromatic carbocycles. The molecule has 0 fully saturated rings. The zero-order chi connectivity index (χ0) is 13.5. The number of carbonyl (C=O) groups excluding carboxylic acids is 1. The molecule has 1 amide bonds. The van der Waals surface area contributed by atoms with Gasteiger partial charge in [-0.2, -0.15) is 0 Å². The molecule has 0 rings (SSSR count). The average Bonchev–Trinajstić information content (AvgIpc) is 2.23. The quantitative estimate of drug-likeness (QED) is 0.636. The van der Waals surface area contributed by atoms with Crippen molar-refractivity contribution in [2.75, 3.05) is 6.61 Å². The Labute approximate surface area is 103 Å². The molecule has 0 aromatic heterocycles. The average molecular weight is 245 g/mol. The van der Waals surface area contributed by atoms with E-state index in [1.165, 1.54) is 6.92 Å². The van der Waals surface area contributed by atoms with Crippen LogP contribution in [0.15, 0.2) is 0 Å². The van der Waals surface area contributed by atoms with E-state index < -0.39 is 11.5 Å². The van der Waals surface area contributed by atoms with Gasteiger partial charge in [-0.25, -0.2) is 4.79 Å². The predicted octanol–water partition coefficient (Wildman–Crippen LogP) is 1.56. The monoisotopic (exact) mass is 245 g/mol. The van der Waals surface area contributed by atoms with Gasteiger partial charge in [0.25, 0.3) is 0 Å². The van der Waals surface area contributed by atoms with Gasteiger partial charge in [0.1, 0.15) is 5.54 Å². The van der Waals surface area contributed by atoms with Gasteiger partial charge in [0.05, 0.1) is 6.10 Å².